The van der Waals surface area contributed by atoms with Gasteiger partial charge in [-0.3, -0.25) is 5.32 Å². The average molecular weight is 468 g/mol. The van der Waals surface area contributed by atoms with Gasteiger partial charge in [0.05, 0.1) is 37.4 Å². The summed E-state index contributed by atoms with van der Waals surface area (Å²) in [5.74, 6) is 1.48. The SMILES string of the molecule is O=C(Nc1ccc(-c2nc(N3CCOCC3)c3cnn(C4CCNCC4)c3n2)cc1)OCCO. The summed E-state index contributed by atoms with van der Waals surface area (Å²) in [5, 5.41) is 20.5. The molecule has 0 spiro atoms. The number of nitrogens with one attached hydrogen (secondary N) is 2. The molecule has 2 aliphatic rings. The molecule has 2 fully saturated rings. The molecule has 4 heterocycles. The Morgan fingerprint density at radius 1 is 1.18 bits per heavy atom. The number of aliphatic hydroxyl groups excluding tert-OH is 1. The smallest absolute Gasteiger partial charge is 0.411 e. The first-order valence-corrected chi connectivity index (χ1v) is 11.7. The predicted molar refractivity (Wildman–Crippen MR) is 127 cm³/mol. The van der Waals surface area contributed by atoms with Gasteiger partial charge in [0, 0.05) is 24.3 Å². The Kier molecular flexibility index (Phi) is 6.84. The number of carbonyl (C=O) groups is 1. The van der Waals surface area contributed by atoms with Gasteiger partial charge in [0.2, 0.25) is 0 Å². The zero-order valence-electron chi connectivity index (χ0n) is 18.9. The van der Waals surface area contributed by atoms with E-state index in [1.54, 1.807) is 12.1 Å². The van der Waals surface area contributed by atoms with Crippen LogP contribution in [-0.4, -0.2) is 83.6 Å². The van der Waals surface area contributed by atoms with Crippen molar-refractivity contribution in [3.05, 3.63) is 30.5 Å². The first-order chi connectivity index (χ1) is 16.7. The molecule has 0 unspecified atom stereocenters. The number of ether oxygens (including phenoxy) is 2. The molecule has 5 rings (SSSR count). The monoisotopic (exact) mass is 467 g/mol. The lowest BCUT2D eigenvalue weighted by atomic mass is 10.1. The number of benzene rings is 1. The van der Waals surface area contributed by atoms with Crippen LogP contribution in [0.2, 0.25) is 0 Å². The molecular formula is C23H29N7O4. The van der Waals surface area contributed by atoms with Crippen LogP contribution in [0.25, 0.3) is 22.4 Å². The van der Waals surface area contributed by atoms with Crippen molar-refractivity contribution in [1.29, 1.82) is 0 Å². The molecule has 0 aliphatic carbocycles. The van der Waals surface area contributed by atoms with Gasteiger partial charge in [0.1, 0.15) is 12.4 Å². The minimum Gasteiger partial charge on any atom is -0.447 e. The molecule has 2 aliphatic heterocycles. The molecule has 1 aromatic carbocycles. The number of carbonyl (C=O) groups excluding carboxylic acids is 1. The van der Waals surface area contributed by atoms with Crippen LogP contribution in [0.4, 0.5) is 16.3 Å². The predicted octanol–water partition coefficient (Wildman–Crippen LogP) is 1.80. The maximum absolute atomic E-state index is 11.8. The van der Waals surface area contributed by atoms with Crippen LogP contribution >= 0.6 is 0 Å². The van der Waals surface area contributed by atoms with Crippen molar-refractivity contribution in [3.63, 3.8) is 0 Å². The third-order valence-electron chi connectivity index (χ3n) is 6.11. The summed E-state index contributed by atoms with van der Waals surface area (Å²) in [6, 6.07) is 7.60. The van der Waals surface area contributed by atoms with Crippen molar-refractivity contribution < 1.29 is 19.4 Å². The van der Waals surface area contributed by atoms with E-state index >= 15 is 0 Å². The molecule has 1 amide bonds. The van der Waals surface area contributed by atoms with Crippen molar-refractivity contribution in [1.82, 2.24) is 25.1 Å². The zero-order chi connectivity index (χ0) is 23.3. The van der Waals surface area contributed by atoms with E-state index in [0.717, 1.165) is 61.4 Å². The Bertz CT molecular complexity index is 1120. The second-order valence-corrected chi connectivity index (χ2v) is 8.34. The van der Waals surface area contributed by atoms with E-state index in [2.05, 4.69) is 20.2 Å². The molecule has 0 bridgehead atoms. The molecular weight excluding hydrogens is 438 g/mol. The number of fused-ring (bicyclic) bond motifs is 1. The number of hydrogen-bond donors (Lipinski definition) is 3. The average Bonchev–Trinajstić information content (AvgIpc) is 3.32. The summed E-state index contributed by atoms with van der Waals surface area (Å²) in [6.45, 7) is 4.53. The van der Waals surface area contributed by atoms with E-state index in [-0.39, 0.29) is 13.2 Å². The van der Waals surface area contributed by atoms with Crippen LogP contribution in [0.5, 0.6) is 0 Å². The molecule has 3 aromatic rings. The van der Waals surface area contributed by atoms with Crippen LogP contribution in [0.15, 0.2) is 30.5 Å². The Morgan fingerprint density at radius 2 is 1.94 bits per heavy atom. The van der Waals surface area contributed by atoms with Crippen molar-refractivity contribution >= 4 is 28.6 Å². The van der Waals surface area contributed by atoms with Gasteiger partial charge in [-0.1, -0.05) is 0 Å². The Balaban J connectivity index is 1.49. The Hall–Kier alpha value is -3.28. The third kappa shape index (κ3) is 4.81. The number of piperidine rings is 1. The highest BCUT2D eigenvalue weighted by atomic mass is 16.6. The summed E-state index contributed by atoms with van der Waals surface area (Å²) in [6.07, 6.45) is 3.29. The lowest BCUT2D eigenvalue weighted by Gasteiger charge is -2.28. The summed E-state index contributed by atoms with van der Waals surface area (Å²) in [4.78, 5) is 23.9. The molecule has 0 radical (unpaired) electrons. The molecule has 180 valence electrons. The van der Waals surface area contributed by atoms with Crippen molar-refractivity contribution in [2.75, 3.05) is 62.8 Å². The largest absolute Gasteiger partial charge is 0.447 e. The van der Waals surface area contributed by atoms with Gasteiger partial charge in [-0.2, -0.15) is 5.10 Å². The first-order valence-electron chi connectivity index (χ1n) is 11.7. The van der Waals surface area contributed by atoms with Gasteiger partial charge >= 0.3 is 6.09 Å². The number of hydrogen-bond acceptors (Lipinski definition) is 9. The van der Waals surface area contributed by atoms with Gasteiger partial charge in [0.25, 0.3) is 0 Å². The van der Waals surface area contributed by atoms with Crippen LogP contribution in [-0.2, 0) is 9.47 Å². The fraction of sp³-hybridized carbons (Fsp3) is 0.478. The van der Waals surface area contributed by atoms with Crippen LogP contribution in [0, 0.1) is 0 Å². The summed E-state index contributed by atoms with van der Waals surface area (Å²) >= 11 is 0. The molecule has 0 atom stereocenters. The minimum absolute atomic E-state index is 0.0488. The van der Waals surface area contributed by atoms with E-state index in [1.807, 2.05) is 18.3 Å². The number of nitrogens with zero attached hydrogens (tertiary/aromatic N) is 5. The first kappa shape index (κ1) is 22.5. The zero-order valence-corrected chi connectivity index (χ0v) is 18.9. The highest BCUT2D eigenvalue weighted by molar-refractivity contribution is 5.89. The van der Waals surface area contributed by atoms with Crippen LogP contribution in [0.3, 0.4) is 0 Å². The van der Waals surface area contributed by atoms with Gasteiger partial charge in [-0.25, -0.2) is 19.4 Å². The van der Waals surface area contributed by atoms with Gasteiger partial charge in [-0.05, 0) is 50.2 Å². The second kappa shape index (κ2) is 10.3. The highest BCUT2D eigenvalue weighted by Gasteiger charge is 2.24. The third-order valence-corrected chi connectivity index (χ3v) is 6.11. The Morgan fingerprint density at radius 3 is 2.68 bits per heavy atom. The van der Waals surface area contributed by atoms with Crippen LogP contribution in [0.1, 0.15) is 18.9 Å². The standard InChI is InChI=1S/C23H29N7O4/c31-11-14-34-23(32)26-17-3-1-16(2-4-17)20-27-21(29-9-12-33-13-10-29)19-15-25-30(22(19)28-20)18-5-7-24-8-6-18/h1-4,15,18,24,31H,5-14H2,(H,26,32). The molecule has 2 saturated heterocycles. The fourth-order valence-electron chi connectivity index (χ4n) is 4.37. The summed E-state index contributed by atoms with van der Waals surface area (Å²) < 4.78 is 12.4. The molecule has 11 heteroatoms. The maximum Gasteiger partial charge on any atom is 0.411 e. The van der Waals surface area contributed by atoms with Crippen molar-refractivity contribution in [2.45, 2.75) is 18.9 Å². The van der Waals surface area contributed by atoms with Gasteiger partial charge < -0.3 is 24.8 Å². The topological polar surface area (TPSA) is 127 Å². The number of aromatic nitrogens is 4. The molecule has 0 saturated carbocycles. The van der Waals surface area contributed by atoms with E-state index in [9.17, 15) is 4.79 Å². The quantitative estimate of drug-likeness (QED) is 0.497. The number of rotatable bonds is 6. The van der Waals surface area contributed by atoms with Crippen molar-refractivity contribution in [2.24, 2.45) is 0 Å². The number of anilines is 2. The van der Waals surface area contributed by atoms with E-state index < -0.39 is 6.09 Å². The second-order valence-electron chi connectivity index (χ2n) is 8.34. The number of aliphatic hydroxyl groups is 1. The minimum atomic E-state index is -0.611. The molecule has 3 N–H and O–H groups in total. The van der Waals surface area contributed by atoms with Crippen molar-refractivity contribution in [3.8, 4) is 11.4 Å². The number of morpholine rings is 1. The van der Waals surface area contributed by atoms with Crippen LogP contribution < -0.4 is 15.5 Å². The van der Waals surface area contributed by atoms with Gasteiger partial charge in [-0.15, -0.1) is 0 Å². The summed E-state index contributed by atoms with van der Waals surface area (Å²) in [5.41, 5.74) is 2.26. The Labute approximate surface area is 197 Å². The molecule has 11 nitrogen and oxygen atoms in total. The fourth-order valence-corrected chi connectivity index (χ4v) is 4.37. The van der Waals surface area contributed by atoms with Gasteiger partial charge in [0.15, 0.2) is 11.5 Å². The highest BCUT2D eigenvalue weighted by Crippen LogP contribution is 2.31. The van der Waals surface area contributed by atoms with E-state index in [1.165, 1.54) is 0 Å². The lowest BCUT2D eigenvalue weighted by Crippen LogP contribution is -2.37. The molecule has 34 heavy (non-hydrogen) atoms. The maximum atomic E-state index is 11.8. The normalized spacial score (nSPS) is 17.1. The summed E-state index contributed by atoms with van der Waals surface area (Å²) in [7, 11) is 0. The van der Waals surface area contributed by atoms with E-state index in [4.69, 9.17) is 29.6 Å². The lowest BCUT2D eigenvalue weighted by molar-refractivity contribution is 0.122. The van der Waals surface area contributed by atoms with E-state index in [0.29, 0.717) is 30.8 Å². The molecule has 2 aromatic heterocycles. The number of amides is 1.